The molecular formula is C13H19NO4S. The van der Waals surface area contributed by atoms with Crippen LogP contribution >= 0.6 is 0 Å². The molecule has 0 saturated heterocycles. The third kappa shape index (κ3) is 4.02. The Balaban J connectivity index is 3.26. The van der Waals surface area contributed by atoms with Gasteiger partial charge in [0, 0.05) is 0 Å². The molecule has 0 radical (unpaired) electrons. The predicted octanol–water partition coefficient (Wildman–Crippen LogP) is 2.16. The Morgan fingerprint density at radius 3 is 2.47 bits per heavy atom. The van der Waals surface area contributed by atoms with Crippen molar-refractivity contribution in [1.82, 2.24) is 4.98 Å². The smallest absolute Gasteiger partial charge is 0.354 e. The van der Waals surface area contributed by atoms with E-state index >= 15 is 0 Å². The Hall–Kier alpha value is -1.43. The summed E-state index contributed by atoms with van der Waals surface area (Å²) < 4.78 is 24.1. The zero-order chi connectivity index (χ0) is 14.6. The van der Waals surface area contributed by atoms with Gasteiger partial charge in [-0.1, -0.05) is 33.3 Å². The molecule has 0 atom stereocenters. The largest absolute Gasteiger partial charge is 0.477 e. The van der Waals surface area contributed by atoms with E-state index in [0.29, 0.717) is 12.0 Å². The van der Waals surface area contributed by atoms with Crippen molar-refractivity contribution in [1.29, 1.82) is 0 Å². The predicted molar refractivity (Wildman–Crippen MR) is 72.1 cm³/mol. The highest BCUT2D eigenvalue weighted by molar-refractivity contribution is 7.91. The van der Waals surface area contributed by atoms with Crippen LogP contribution in [0.3, 0.4) is 0 Å². The van der Waals surface area contributed by atoms with Crippen LogP contribution in [0, 0.1) is 5.92 Å². The lowest BCUT2D eigenvalue weighted by atomic mass is 10.1. The fourth-order valence-electron chi connectivity index (χ4n) is 1.82. The molecule has 0 amide bonds. The molecule has 0 aliphatic carbocycles. The second-order valence-corrected chi connectivity index (χ2v) is 6.87. The highest BCUT2D eigenvalue weighted by Gasteiger charge is 2.21. The van der Waals surface area contributed by atoms with Crippen molar-refractivity contribution in [3.05, 3.63) is 23.4 Å². The third-order valence-electron chi connectivity index (χ3n) is 2.55. The van der Waals surface area contributed by atoms with E-state index < -0.39 is 15.8 Å². The first-order valence-corrected chi connectivity index (χ1v) is 7.89. The molecule has 0 fully saturated rings. The van der Waals surface area contributed by atoms with Gasteiger partial charge in [-0.3, -0.25) is 0 Å². The van der Waals surface area contributed by atoms with Crippen LogP contribution in [0.25, 0.3) is 0 Å². The molecule has 0 aliphatic heterocycles. The number of aromatic carboxylic acids is 1. The van der Waals surface area contributed by atoms with Gasteiger partial charge in [-0.05, 0) is 24.0 Å². The molecule has 1 aromatic heterocycles. The summed E-state index contributed by atoms with van der Waals surface area (Å²) in [5, 5.41) is 8.95. The number of sulfone groups is 1. The van der Waals surface area contributed by atoms with Gasteiger partial charge < -0.3 is 5.11 Å². The minimum atomic E-state index is -3.52. The quantitative estimate of drug-likeness (QED) is 0.865. The fourth-order valence-corrected chi connectivity index (χ4v) is 3.38. The van der Waals surface area contributed by atoms with Crippen molar-refractivity contribution in [2.24, 2.45) is 5.92 Å². The first-order chi connectivity index (χ1) is 8.77. The monoisotopic (exact) mass is 285 g/mol. The van der Waals surface area contributed by atoms with E-state index in [1.165, 1.54) is 6.07 Å². The minimum absolute atomic E-state index is 0.0320. The van der Waals surface area contributed by atoms with Crippen molar-refractivity contribution in [2.75, 3.05) is 5.75 Å². The van der Waals surface area contributed by atoms with E-state index in [2.05, 4.69) is 4.98 Å². The summed E-state index contributed by atoms with van der Waals surface area (Å²) in [6.07, 6.45) is 1.35. The van der Waals surface area contributed by atoms with Crippen LogP contribution in [0.15, 0.2) is 17.2 Å². The van der Waals surface area contributed by atoms with Crippen molar-refractivity contribution in [3.63, 3.8) is 0 Å². The van der Waals surface area contributed by atoms with Crippen LogP contribution in [0.2, 0.25) is 0 Å². The number of hydrogen-bond acceptors (Lipinski definition) is 4. The summed E-state index contributed by atoms with van der Waals surface area (Å²) in [4.78, 5) is 15.0. The molecule has 0 unspecified atom stereocenters. The molecule has 1 heterocycles. The summed E-state index contributed by atoms with van der Waals surface area (Å²) in [5.41, 5.74) is 0.408. The Morgan fingerprint density at radius 2 is 2.00 bits per heavy atom. The Bertz CT molecular complexity index is 564. The van der Waals surface area contributed by atoms with Gasteiger partial charge in [0.05, 0.1) is 5.75 Å². The first kappa shape index (κ1) is 15.6. The number of hydrogen-bond donors (Lipinski definition) is 1. The van der Waals surface area contributed by atoms with Gasteiger partial charge in [-0.15, -0.1) is 0 Å². The molecule has 0 bridgehead atoms. The molecule has 0 saturated carbocycles. The van der Waals surface area contributed by atoms with Crippen LogP contribution in [0.5, 0.6) is 0 Å². The maximum atomic E-state index is 12.0. The van der Waals surface area contributed by atoms with E-state index in [1.807, 2.05) is 6.92 Å². The van der Waals surface area contributed by atoms with Crippen molar-refractivity contribution < 1.29 is 18.3 Å². The molecule has 6 heteroatoms. The van der Waals surface area contributed by atoms with E-state index in [0.717, 1.165) is 6.42 Å². The number of aryl methyl sites for hydroxylation is 1. The molecule has 1 rings (SSSR count). The maximum absolute atomic E-state index is 12.0. The van der Waals surface area contributed by atoms with Crippen molar-refractivity contribution in [2.45, 2.75) is 38.6 Å². The lowest BCUT2D eigenvalue weighted by Gasteiger charge is -2.09. The zero-order valence-electron chi connectivity index (χ0n) is 11.4. The van der Waals surface area contributed by atoms with Crippen molar-refractivity contribution in [3.8, 4) is 0 Å². The van der Waals surface area contributed by atoms with Crippen LogP contribution < -0.4 is 0 Å². The summed E-state index contributed by atoms with van der Waals surface area (Å²) in [6, 6.07) is 2.95. The summed E-state index contributed by atoms with van der Waals surface area (Å²) in [5.74, 6) is -1.26. The molecular weight excluding hydrogens is 266 g/mol. The molecule has 19 heavy (non-hydrogen) atoms. The number of carbonyl (C=O) groups is 1. The van der Waals surface area contributed by atoms with Gasteiger partial charge in [-0.2, -0.15) is 0 Å². The lowest BCUT2D eigenvalue weighted by molar-refractivity contribution is 0.0688. The first-order valence-electron chi connectivity index (χ1n) is 6.24. The fraction of sp³-hybridized carbons (Fsp3) is 0.538. The number of carboxylic acid groups (broad SMARTS) is 1. The average molecular weight is 285 g/mol. The second-order valence-electron chi connectivity index (χ2n) is 4.89. The number of nitrogens with zero attached hydrogens (tertiary/aromatic N) is 1. The Morgan fingerprint density at radius 1 is 1.37 bits per heavy atom. The Kier molecular flexibility index (Phi) is 5.05. The molecule has 106 valence electrons. The highest BCUT2D eigenvalue weighted by atomic mass is 32.2. The van der Waals surface area contributed by atoms with Gasteiger partial charge in [-0.25, -0.2) is 18.2 Å². The molecule has 0 spiro atoms. The van der Waals surface area contributed by atoms with E-state index in [4.69, 9.17) is 5.11 Å². The van der Waals surface area contributed by atoms with Gasteiger partial charge in [0.2, 0.25) is 0 Å². The normalized spacial score (nSPS) is 11.8. The van der Waals surface area contributed by atoms with Gasteiger partial charge in [0.25, 0.3) is 0 Å². The van der Waals surface area contributed by atoms with Crippen LogP contribution in [-0.2, 0) is 16.3 Å². The molecule has 1 aromatic rings. The van der Waals surface area contributed by atoms with E-state index in [9.17, 15) is 13.2 Å². The average Bonchev–Trinajstić information content (AvgIpc) is 2.27. The van der Waals surface area contributed by atoms with Crippen molar-refractivity contribution >= 4 is 15.8 Å². The number of rotatable bonds is 6. The molecule has 0 aromatic carbocycles. The number of pyridine rings is 1. The van der Waals surface area contributed by atoms with E-state index in [1.54, 1.807) is 19.9 Å². The SMILES string of the molecule is CCCc1ccc(S(=O)(=O)CC(C)C)nc1C(=O)O. The Labute approximate surface area is 113 Å². The summed E-state index contributed by atoms with van der Waals surface area (Å²) >= 11 is 0. The summed E-state index contributed by atoms with van der Waals surface area (Å²) in [6.45, 7) is 5.51. The zero-order valence-corrected chi connectivity index (χ0v) is 12.2. The van der Waals surface area contributed by atoms with Crippen LogP contribution in [0.4, 0.5) is 0 Å². The topological polar surface area (TPSA) is 84.3 Å². The van der Waals surface area contributed by atoms with Gasteiger partial charge >= 0.3 is 5.97 Å². The van der Waals surface area contributed by atoms with E-state index in [-0.39, 0.29) is 22.4 Å². The van der Waals surface area contributed by atoms with Gasteiger partial charge in [0.1, 0.15) is 0 Å². The lowest BCUT2D eigenvalue weighted by Crippen LogP contribution is -2.16. The van der Waals surface area contributed by atoms with Gasteiger partial charge in [0.15, 0.2) is 20.6 Å². The summed E-state index contributed by atoms with van der Waals surface area (Å²) in [7, 11) is -3.52. The third-order valence-corrected chi connectivity index (χ3v) is 4.52. The second kappa shape index (κ2) is 6.14. The standard InChI is InChI=1S/C13H19NO4S/c1-4-5-10-6-7-11(14-12(10)13(15)16)19(17,18)8-9(2)3/h6-7,9H,4-5,8H2,1-3H3,(H,15,16). The molecule has 5 nitrogen and oxygen atoms in total. The molecule has 1 N–H and O–H groups in total. The van der Waals surface area contributed by atoms with Crippen LogP contribution in [-0.4, -0.2) is 30.2 Å². The minimum Gasteiger partial charge on any atom is -0.477 e. The maximum Gasteiger partial charge on any atom is 0.354 e. The highest BCUT2D eigenvalue weighted by Crippen LogP contribution is 2.16. The van der Waals surface area contributed by atoms with Crippen LogP contribution in [0.1, 0.15) is 43.2 Å². The number of aromatic nitrogens is 1. The molecule has 0 aliphatic rings. The number of carboxylic acids is 1.